The molecule has 0 saturated carbocycles. The molecule has 6 rings (SSSR count). The molecule has 2 saturated heterocycles. The Morgan fingerprint density at radius 3 is 2.36 bits per heavy atom. The molecule has 0 unspecified atom stereocenters. The topological polar surface area (TPSA) is 113 Å². The number of aromatic nitrogens is 1. The number of urea groups is 2. The Morgan fingerprint density at radius 2 is 1.68 bits per heavy atom. The Bertz CT molecular complexity index is 1700. The maximum atomic E-state index is 14.0. The monoisotopic (exact) mass is 712 g/mol. The average molecular weight is 713 g/mol. The van der Waals surface area contributed by atoms with Crippen molar-refractivity contribution in [3.63, 3.8) is 0 Å². The summed E-state index contributed by atoms with van der Waals surface area (Å²) in [5, 5.41) is 8.22. The van der Waals surface area contributed by atoms with Gasteiger partial charge in [0.1, 0.15) is 6.04 Å². The minimum Gasteiger partial charge on any atom is -0.386 e. The number of carbonyl (C=O) groups is 3. The zero-order valence-electron chi connectivity index (χ0n) is 27.7. The largest absolute Gasteiger partial charge is 0.418 e. The number of amides is 5. The van der Waals surface area contributed by atoms with Crippen LogP contribution in [0, 0.1) is 0 Å². The highest BCUT2D eigenvalue weighted by Crippen LogP contribution is 2.39. The Morgan fingerprint density at radius 1 is 0.980 bits per heavy atom. The van der Waals surface area contributed by atoms with E-state index in [1.807, 2.05) is 41.3 Å². The number of carbonyl (C=O) groups excluding carboxylic acids is 3. The van der Waals surface area contributed by atoms with Gasteiger partial charge in [-0.05, 0) is 60.7 Å². The summed E-state index contributed by atoms with van der Waals surface area (Å²) in [5.74, 6) is -0.384. The highest BCUT2D eigenvalue weighted by molar-refractivity contribution is 6.33. The van der Waals surface area contributed by atoms with E-state index < -0.39 is 23.8 Å². The Hall–Kier alpha value is -4.72. The molecule has 3 aliphatic rings. The van der Waals surface area contributed by atoms with Crippen molar-refractivity contribution in [2.75, 3.05) is 68.4 Å². The van der Waals surface area contributed by atoms with Crippen molar-refractivity contribution in [2.24, 2.45) is 0 Å². The fourth-order valence-corrected chi connectivity index (χ4v) is 7.35. The average Bonchev–Trinajstić information content (AvgIpc) is 3.29. The number of nitrogens with one attached hydrogen (secondary N) is 3. The number of piperidine rings is 1. The smallest absolute Gasteiger partial charge is 0.386 e. The predicted octanol–water partition coefficient (Wildman–Crippen LogP) is 5.32. The molecule has 0 bridgehead atoms. The van der Waals surface area contributed by atoms with Crippen LogP contribution in [0.2, 0.25) is 5.02 Å². The van der Waals surface area contributed by atoms with Crippen LogP contribution in [0.4, 0.5) is 39.8 Å². The molecule has 4 heterocycles. The van der Waals surface area contributed by atoms with Gasteiger partial charge >= 0.3 is 18.2 Å². The van der Waals surface area contributed by atoms with Gasteiger partial charge in [0.2, 0.25) is 5.91 Å². The number of benzene rings is 2. The summed E-state index contributed by atoms with van der Waals surface area (Å²) >= 11 is 6.28. The lowest BCUT2D eigenvalue weighted by atomic mass is 10.00. The molecule has 0 aliphatic carbocycles. The number of likely N-dealkylation sites (tertiary alicyclic amines) is 1. The number of anilines is 3. The van der Waals surface area contributed by atoms with Crippen LogP contribution in [-0.2, 0) is 23.8 Å². The maximum absolute atomic E-state index is 14.0. The van der Waals surface area contributed by atoms with Gasteiger partial charge in [0.25, 0.3) is 0 Å². The van der Waals surface area contributed by atoms with Gasteiger partial charge in [-0.1, -0.05) is 29.8 Å². The molecule has 3 aliphatic heterocycles. The van der Waals surface area contributed by atoms with Gasteiger partial charge < -0.3 is 35.6 Å². The summed E-state index contributed by atoms with van der Waals surface area (Å²) in [6.07, 6.45) is 0.316. The van der Waals surface area contributed by atoms with Gasteiger partial charge in [-0.2, -0.15) is 13.2 Å². The Labute approximate surface area is 293 Å². The summed E-state index contributed by atoms with van der Waals surface area (Å²) in [6.45, 7) is 3.07. The van der Waals surface area contributed by atoms with Gasteiger partial charge in [-0.15, -0.1) is 0 Å². The first-order valence-corrected chi connectivity index (χ1v) is 17.1. The van der Waals surface area contributed by atoms with Crippen LogP contribution >= 0.6 is 11.6 Å². The molecule has 2 aromatic carbocycles. The molecule has 3 aromatic rings. The number of para-hydroxylation sites is 1. The van der Waals surface area contributed by atoms with Crippen molar-refractivity contribution in [2.45, 2.75) is 43.9 Å². The van der Waals surface area contributed by atoms with E-state index in [1.165, 1.54) is 13.1 Å². The lowest BCUT2D eigenvalue weighted by Crippen LogP contribution is -2.58. The van der Waals surface area contributed by atoms with Crippen LogP contribution in [0.1, 0.15) is 29.5 Å². The number of hydrogen-bond acceptors (Lipinski definition) is 6. The van der Waals surface area contributed by atoms with Crippen LogP contribution in [-0.4, -0.2) is 103 Å². The standard InChI is InChI=1S/C35H40ClF3N8O3/c1-40-31-27(35(37,38)39)20-23(21-28(31)36)22-30(32(48)45-18-16-44(17-19-45)25-6-11-41-12-7-25)43-33(49)46-13-9-26(10-14-46)47-15-8-24-4-2-3-5-29(24)42-34(47)50/h2-7,11-12,20-21,26,30,40H,8-10,13-19,22H2,1H3,(H,42,50)(H,43,49)/t30-/m1/s1. The fourth-order valence-electron chi connectivity index (χ4n) is 7.01. The van der Waals surface area contributed by atoms with Crippen molar-refractivity contribution in [3.8, 4) is 0 Å². The molecule has 1 aromatic heterocycles. The highest BCUT2D eigenvalue weighted by Gasteiger charge is 2.37. The Balaban J connectivity index is 1.15. The molecule has 3 N–H and O–H groups in total. The SMILES string of the molecule is CNc1c(Cl)cc(C[C@@H](NC(=O)N2CCC(N3CCc4ccccc4NC3=O)CC2)C(=O)N2CCN(c3ccncc3)CC2)cc1C(F)(F)F. The number of hydrogen-bond donors (Lipinski definition) is 3. The molecular formula is C35H40ClF3N8O3. The third-order valence-electron chi connectivity index (χ3n) is 9.69. The fraction of sp³-hybridized carbons (Fsp3) is 0.429. The molecule has 0 spiro atoms. The van der Waals surface area contributed by atoms with E-state index in [9.17, 15) is 27.6 Å². The van der Waals surface area contributed by atoms with Crippen LogP contribution in [0.5, 0.6) is 0 Å². The number of rotatable bonds is 7. The molecule has 5 amide bonds. The molecule has 11 nitrogen and oxygen atoms in total. The van der Waals surface area contributed by atoms with Crippen molar-refractivity contribution in [3.05, 3.63) is 82.6 Å². The van der Waals surface area contributed by atoms with E-state index in [2.05, 4.69) is 25.8 Å². The number of pyridine rings is 1. The quantitative estimate of drug-likeness (QED) is 0.306. The number of alkyl halides is 3. The zero-order valence-corrected chi connectivity index (χ0v) is 28.4. The van der Waals surface area contributed by atoms with E-state index >= 15 is 0 Å². The van der Waals surface area contributed by atoms with E-state index in [1.54, 1.807) is 22.2 Å². The van der Waals surface area contributed by atoms with Crippen LogP contribution in [0.25, 0.3) is 0 Å². The van der Waals surface area contributed by atoms with Gasteiger partial charge in [0, 0.05) is 89.1 Å². The second-order valence-corrected chi connectivity index (χ2v) is 13.1. The molecule has 266 valence electrons. The number of nitrogens with zero attached hydrogens (tertiary/aromatic N) is 5. The van der Waals surface area contributed by atoms with E-state index in [0.717, 1.165) is 23.0 Å². The number of fused-ring (bicyclic) bond motifs is 1. The summed E-state index contributed by atoms with van der Waals surface area (Å²) in [4.78, 5) is 52.0. The van der Waals surface area contributed by atoms with E-state index in [0.29, 0.717) is 65.1 Å². The van der Waals surface area contributed by atoms with E-state index in [4.69, 9.17) is 11.6 Å². The van der Waals surface area contributed by atoms with E-state index in [-0.39, 0.29) is 40.7 Å². The Kier molecular flexibility index (Phi) is 10.6. The zero-order chi connectivity index (χ0) is 35.4. The first-order valence-electron chi connectivity index (χ1n) is 16.7. The van der Waals surface area contributed by atoms with Crippen LogP contribution in [0.3, 0.4) is 0 Å². The maximum Gasteiger partial charge on any atom is 0.418 e. The molecular weight excluding hydrogens is 673 g/mol. The molecule has 50 heavy (non-hydrogen) atoms. The third-order valence-corrected chi connectivity index (χ3v) is 9.99. The molecule has 2 fully saturated rings. The summed E-state index contributed by atoms with van der Waals surface area (Å²) in [5.41, 5.74) is 1.80. The van der Waals surface area contributed by atoms with Gasteiger partial charge in [0.15, 0.2) is 0 Å². The molecule has 15 heteroatoms. The molecule has 0 radical (unpaired) electrons. The second-order valence-electron chi connectivity index (χ2n) is 12.7. The van der Waals surface area contributed by atoms with Crippen molar-refractivity contribution in [1.29, 1.82) is 0 Å². The number of halogens is 4. The number of piperazine rings is 1. The van der Waals surface area contributed by atoms with Crippen molar-refractivity contribution in [1.82, 2.24) is 25.0 Å². The van der Waals surface area contributed by atoms with Crippen molar-refractivity contribution < 1.29 is 27.6 Å². The first kappa shape index (κ1) is 35.1. The van der Waals surface area contributed by atoms with Gasteiger partial charge in [-0.3, -0.25) is 9.78 Å². The lowest BCUT2D eigenvalue weighted by Gasteiger charge is -2.39. The normalized spacial score (nSPS) is 17.8. The van der Waals surface area contributed by atoms with Crippen LogP contribution < -0.4 is 20.9 Å². The summed E-state index contributed by atoms with van der Waals surface area (Å²) in [6, 6.07) is 12.0. The van der Waals surface area contributed by atoms with Crippen molar-refractivity contribution >= 4 is 46.6 Å². The summed E-state index contributed by atoms with van der Waals surface area (Å²) < 4.78 is 42.0. The predicted molar refractivity (Wildman–Crippen MR) is 186 cm³/mol. The van der Waals surface area contributed by atoms with Crippen LogP contribution in [0.15, 0.2) is 60.9 Å². The first-order chi connectivity index (χ1) is 24.0. The van der Waals surface area contributed by atoms with Gasteiger partial charge in [0.05, 0.1) is 16.3 Å². The highest BCUT2D eigenvalue weighted by atomic mass is 35.5. The second kappa shape index (κ2) is 15.0. The minimum absolute atomic E-state index is 0.0731. The lowest BCUT2D eigenvalue weighted by molar-refractivity contribution is -0.137. The third kappa shape index (κ3) is 7.85. The summed E-state index contributed by atoms with van der Waals surface area (Å²) in [7, 11) is 1.36. The van der Waals surface area contributed by atoms with Gasteiger partial charge in [-0.25, -0.2) is 9.59 Å². The molecule has 1 atom stereocenters. The minimum atomic E-state index is -4.69.